The molecule has 12 nitrogen and oxygen atoms in total. The van der Waals surface area contributed by atoms with E-state index < -0.39 is 18.0 Å². The number of hydrazone groups is 1. The predicted molar refractivity (Wildman–Crippen MR) is 195 cm³/mol. The number of amides is 1. The highest BCUT2D eigenvalue weighted by atomic mass is 32.1. The molecule has 13 heteroatoms. The summed E-state index contributed by atoms with van der Waals surface area (Å²) < 4.78 is 10.8. The molecular formula is C37H40N4O8S. The van der Waals surface area contributed by atoms with E-state index in [4.69, 9.17) is 21.4 Å². The summed E-state index contributed by atoms with van der Waals surface area (Å²) in [6, 6.07) is 12.9. The van der Waals surface area contributed by atoms with E-state index in [0.717, 1.165) is 25.7 Å². The zero-order valence-corrected chi connectivity index (χ0v) is 28.6. The van der Waals surface area contributed by atoms with Crippen molar-refractivity contribution in [1.82, 2.24) is 10.7 Å². The minimum atomic E-state index is -1.20. The fourth-order valence-electron chi connectivity index (χ4n) is 5.98. The highest BCUT2D eigenvalue weighted by Gasteiger charge is 2.28. The minimum Gasteiger partial charge on any atom is -0.508 e. The van der Waals surface area contributed by atoms with Crippen LogP contribution in [-0.2, 0) is 14.3 Å². The van der Waals surface area contributed by atoms with E-state index in [9.17, 15) is 29.4 Å². The molecule has 0 bridgehead atoms. The summed E-state index contributed by atoms with van der Waals surface area (Å²) in [6.07, 6.45) is 8.62. The first-order valence-corrected chi connectivity index (χ1v) is 17.2. The third-order valence-corrected chi connectivity index (χ3v) is 8.67. The number of nitrogens with zero attached hydrogens (tertiary/aromatic N) is 1. The van der Waals surface area contributed by atoms with Crippen LogP contribution in [0.15, 0.2) is 68.9 Å². The molecule has 3 aliphatic rings. The van der Waals surface area contributed by atoms with Crippen molar-refractivity contribution in [3.63, 3.8) is 0 Å². The number of carbonyl (C=O) groups is 3. The van der Waals surface area contributed by atoms with Gasteiger partial charge in [0.15, 0.2) is 10.5 Å². The number of carboxylic acids is 1. The summed E-state index contributed by atoms with van der Waals surface area (Å²) in [6.45, 7) is 2.45. The first kappa shape index (κ1) is 36.0. The number of fused-ring (bicyclic) bond motifs is 2. The van der Waals surface area contributed by atoms with Gasteiger partial charge < -0.3 is 30.0 Å². The number of phenolic OH excluding ortho intramolecular Hbond substituents is 1. The molecule has 0 unspecified atom stereocenters. The Morgan fingerprint density at radius 1 is 0.960 bits per heavy atom. The molecule has 2 aromatic rings. The van der Waals surface area contributed by atoms with Gasteiger partial charge in [-0.15, -0.1) is 0 Å². The second kappa shape index (κ2) is 16.9. The van der Waals surface area contributed by atoms with Crippen molar-refractivity contribution in [2.24, 2.45) is 5.10 Å². The molecular weight excluding hydrogens is 660 g/mol. The number of rotatable bonds is 15. The van der Waals surface area contributed by atoms with Crippen LogP contribution < -0.4 is 21.5 Å². The molecule has 1 saturated heterocycles. The Morgan fingerprint density at radius 3 is 2.46 bits per heavy atom. The number of cyclic esters (lactones) is 1. The lowest BCUT2D eigenvalue weighted by Gasteiger charge is -2.18. The fourth-order valence-corrected chi connectivity index (χ4v) is 6.15. The normalized spacial score (nSPS) is 14.5. The van der Waals surface area contributed by atoms with Crippen molar-refractivity contribution in [3.8, 4) is 28.2 Å². The largest absolute Gasteiger partial charge is 0.508 e. The van der Waals surface area contributed by atoms with Crippen LogP contribution in [0.2, 0.25) is 0 Å². The average molecular weight is 701 g/mol. The van der Waals surface area contributed by atoms with Crippen molar-refractivity contribution in [2.45, 2.75) is 77.2 Å². The number of hydrogen-bond donors (Lipinski definition) is 5. The quantitative estimate of drug-likeness (QED) is 0.0226. The van der Waals surface area contributed by atoms with E-state index in [1.807, 2.05) is 0 Å². The molecule has 0 aromatic heterocycles. The molecule has 0 saturated carbocycles. The zero-order valence-electron chi connectivity index (χ0n) is 27.8. The van der Waals surface area contributed by atoms with E-state index >= 15 is 0 Å². The van der Waals surface area contributed by atoms with Gasteiger partial charge in [-0.25, -0.2) is 9.59 Å². The fraction of sp³-hybridized carbons (Fsp3) is 0.351. The summed E-state index contributed by atoms with van der Waals surface area (Å²) in [7, 11) is 0. The summed E-state index contributed by atoms with van der Waals surface area (Å²) in [5, 5.41) is 31.1. The van der Waals surface area contributed by atoms with Crippen LogP contribution >= 0.6 is 12.2 Å². The Kier molecular flexibility index (Phi) is 12.2. The molecule has 0 radical (unpaired) electrons. The van der Waals surface area contributed by atoms with Crippen LogP contribution in [0.4, 0.5) is 5.69 Å². The predicted octanol–water partition coefficient (Wildman–Crippen LogP) is 6.57. The Balaban J connectivity index is 1.34. The molecule has 1 fully saturated rings. The highest BCUT2D eigenvalue weighted by molar-refractivity contribution is 7.80. The monoisotopic (exact) mass is 700 g/mol. The van der Waals surface area contributed by atoms with E-state index in [0.29, 0.717) is 46.3 Å². The molecule has 2 aromatic carbocycles. The zero-order chi connectivity index (χ0) is 35.6. The second-order valence-corrected chi connectivity index (χ2v) is 12.7. The highest BCUT2D eigenvalue weighted by Crippen LogP contribution is 2.42. The van der Waals surface area contributed by atoms with Crippen LogP contribution in [0.1, 0.15) is 81.5 Å². The topological polar surface area (TPSA) is 180 Å². The van der Waals surface area contributed by atoms with Crippen LogP contribution in [0.3, 0.4) is 0 Å². The van der Waals surface area contributed by atoms with Gasteiger partial charge in [0.05, 0.1) is 18.6 Å². The van der Waals surface area contributed by atoms with Gasteiger partial charge in [-0.2, -0.15) is 5.10 Å². The number of phenols is 1. The first-order chi connectivity index (χ1) is 24.1. The number of anilines is 1. The van der Waals surface area contributed by atoms with Crippen LogP contribution in [0.5, 0.6) is 5.75 Å². The lowest BCUT2D eigenvalue weighted by atomic mass is 9.90. The lowest BCUT2D eigenvalue weighted by Crippen LogP contribution is -2.39. The molecule has 0 spiro atoms. The first-order valence-electron chi connectivity index (χ1n) is 16.8. The molecule has 2 heterocycles. The maximum Gasteiger partial charge on any atom is 0.336 e. The van der Waals surface area contributed by atoms with Gasteiger partial charge in [0, 0.05) is 46.5 Å². The average Bonchev–Trinajstić information content (AvgIpc) is 3.48. The van der Waals surface area contributed by atoms with Crippen LogP contribution in [0.25, 0.3) is 33.4 Å². The molecule has 1 atom stereocenters. The standard InChI is InChI=1S/C37H40N4O8S/c1-2-3-4-5-6-7-8-9-23(19-33(44)39-30-16-17-48-36(30)47)40-41-37(50)38-22-10-13-26(29(18-22)35(45)46)34-27-14-11-24(42)20-31(27)49-32-21-25(43)12-15-28(32)34/h10-15,18,20-21,30,42H,2-9,16-17,19H2,1H3,(H,39,44)(H,45,46)(H2,38,41,50)/b40-23+/t30-/m0/s1. The number of esters is 1. The number of nitrogens with one attached hydrogen (secondary N) is 3. The maximum atomic E-state index is 12.8. The SMILES string of the molecule is CCCCCCCCC/C(CC(=O)N[C@H]1CCOC1=O)=N\NC(=S)Nc1ccc(-c2c3ccc(=O)cc-3oc3cc(O)ccc23)c(C(=O)O)c1. The van der Waals surface area contributed by atoms with Gasteiger partial charge in [0.1, 0.15) is 23.1 Å². The number of hydrogen-bond acceptors (Lipinski definition) is 9. The summed E-state index contributed by atoms with van der Waals surface area (Å²) in [4.78, 5) is 49.3. The van der Waals surface area contributed by atoms with Gasteiger partial charge in [-0.1, -0.05) is 51.5 Å². The summed E-state index contributed by atoms with van der Waals surface area (Å²) in [5.74, 6) is -1.78. The van der Waals surface area contributed by atoms with Gasteiger partial charge >= 0.3 is 11.9 Å². The van der Waals surface area contributed by atoms with Crippen molar-refractivity contribution < 1.29 is 33.8 Å². The molecule has 1 aliphatic carbocycles. The minimum absolute atomic E-state index is 0.0238. The Hall–Kier alpha value is -5.30. The van der Waals surface area contributed by atoms with Gasteiger partial charge in [-0.3, -0.25) is 15.0 Å². The number of benzene rings is 3. The molecule has 262 valence electrons. The lowest BCUT2D eigenvalue weighted by molar-refractivity contribution is -0.141. The van der Waals surface area contributed by atoms with Crippen molar-refractivity contribution >= 4 is 57.5 Å². The number of ether oxygens (including phenoxy) is 1. The van der Waals surface area contributed by atoms with Gasteiger partial charge in [0.25, 0.3) is 0 Å². The van der Waals surface area contributed by atoms with E-state index in [2.05, 4.69) is 28.1 Å². The molecule has 5 N–H and O–H groups in total. The third-order valence-electron chi connectivity index (χ3n) is 8.47. The second-order valence-electron chi connectivity index (χ2n) is 12.2. The Bertz CT molecular complexity index is 1960. The number of thiocarbonyl (C=S) groups is 1. The molecule has 5 rings (SSSR count). The van der Waals surface area contributed by atoms with Crippen molar-refractivity contribution in [2.75, 3.05) is 11.9 Å². The number of carbonyl (C=O) groups excluding carboxylic acids is 2. The molecule has 2 aliphatic heterocycles. The van der Waals surface area contributed by atoms with E-state index in [-0.39, 0.29) is 52.1 Å². The molecule has 50 heavy (non-hydrogen) atoms. The number of aromatic carboxylic acids is 1. The smallest absolute Gasteiger partial charge is 0.336 e. The maximum absolute atomic E-state index is 12.8. The van der Waals surface area contributed by atoms with Crippen LogP contribution in [-0.4, -0.2) is 51.5 Å². The number of aromatic hydroxyl groups is 1. The Labute approximate surface area is 294 Å². The van der Waals surface area contributed by atoms with Crippen molar-refractivity contribution in [1.29, 1.82) is 0 Å². The number of carboxylic acid groups (broad SMARTS) is 1. The Morgan fingerprint density at radius 2 is 1.72 bits per heavy atom. The van der Waals surface area contributed by atoms with Crippen LogP contribution in [0, 0.1) is 0 Å². The van der Waals surface area contributed by atoms with Gasteiger partial charge in [0.2, 0.25) is 5.91 Å². The van der Waals surface area contributed by atoms with E-state index in [1.165, 1.54) is 49.6 Å². The summed E-state index contributed by atoms with van der Waals surface area (Å²) >= 11 is 5.48. The van der Waals surface area contributed by atoms with Crippen molar-refractivity contribution in [3.05, 3.63) is 70.4 Å². The van der Waals surface area contributed by atoms with Gasteiger partial charge in [-0.05, 0) is 67.0 Å². The van der Waals surface area contributed by atoms with E-state index in [1.54, 1.807) is 24.3 Å². The molecule has 1 amide bonds. The summed E-state index contributed by atoms with van der Waals surface area (Å²) in [5.41, 5.74) is 5.09. The number of unbranched alkanes of at least 4 members (excludes halogenated alkanes) is 6. The third kappa shape index (κ3) is 9.23.